The van der Waals surface area contributed by atoms with Crippen molar-refractivity contribution in [2.75, 3.05) is 0 Å². The number of ether oxygens (including phenoxy) is 2. The van der Waals surface area contributed by atoms with Gasteiger partial charge in [0, 0.05) is 0 Å². The highest BCUT2D eigenvalue weighted by Gasteiger charge is 2.87. The predicted molar refractivity (Wildman–Crippen MR) is 71.4 cm³/mol. The van der Waals surface area contributed by atoms with Crippen LogP contribution in [0.4, 0.5) is 35.5 Å². The summed E-state index contributed by atoms with van der Waals surface area (Å²) in [6.07, 6.45) is -15.4. The zero-order valence-electron chi connectivity index (χ0n) is 13.9. The first-order valence-corrected chi connectivity index (χ1v) is 7.78. The van der Waals surface area contributed by atoms with Crippen LogP contribution < -0.4 is 0 Å². The van der Waals surface area contributed by atoms with E-state index in [0.717, 1.165) is 0 Å². The highest BCUT2D eigenvalue weighted by molar-refractivity contribution is 5.62. The van der Waals surface area contributed by atoms with Crippen molar-refractivity contribution < 1.29 is 45.0 Å². The Balaban J connectivity index is 2.53. The third-order valence-corrected chi connectivity index (χ3v) is 4.78. The van der Waals surface area contributed by atoms with Crippen molar-refractivity contribution in [3.63, 3.8) is 0 Å². The van der Waals surface area contributed by atoms with Crippen molar-refractivity contribution in [1.82, 2.24) is 0 Å². The average Bonchev–Trinajstić information content (AvgIpc) is 2.90. The summed E-state index contributed by atoms with van der Waals surface area (Å²) in [5.74, 6) is -2.08. The molecule has 2 rings (SSSR count). The maximum Gasteiger partial charge on any atom is 0.510 e. The summed E-state index contributed by atoms with van der Waals surface area (Å²) in [5.41, 5.74) is -10.4. The highest BCUT2D eigenvalue weighted by Crippen LogP contribution is 2.65. The Kier molecular flexibility index (Phi) is 4.53. The SMILES string of the molecule is CC(C)(C)OC(=O)OC(C(F)(F)F)(C(F)(F)F)C1(F)CC2CCC1C2. The lowest BCUT2D eigenvalue weighted by molar-refractivity contribution is -0.408. The standard InChI is InChI=1S/C15H19F7O3/c1-11(2,3)24-10(23)25-13(14(17,18)19,15(20,21)22)12(16)7-8-4-5-9(12)6-8/h8-9H,4-7H2,1-3H3. The molecule has 0 aromatic carbocycles. The van der Waals surface area contributed by atoms with Gasteiger partial charge in [0.2, 0.25) is 0 Å². The molecule has 2 saturated carbocycles. The fourth-order valence-corrected chi connectivity index (χ4v) is 3.92. The maximum atomic E-state index is 15.3. The number of hydrogen-bond donors (Lipinski definition) is 0. The van der Waals surface area contributed by atoms with E-state index in [0.29, 0.717) is 6.42 Å². The summed E-state index contributed by atoms with van der Waals surface area (Å²) in [7, 11) is 0. The molecule has 0 aliphatic heterocycles. The summed E-state index contributed by atoms with van der Waals surface area (Å²) < 4.78 is 105. The quantitative estimate of drug-likeness (QED) is 0.480. The second-order valence-electron chi connectivity index (χ2n) is 7.69. The predicted octanol–water partition coefficient (Wildman–Crippen LogP) is 5.33. The van der Waals surface area contributed by atoms with Crippen LogP contribution in [0.1, 0.15) is 46.5 Å². The summed E-state index contributed by atoms with van der Waals surface area (Å²) in [6, 6.07) is 0. The molecule has 25 heavy (non-hydrogen) atoms. The number of hydrogen-bond acceptors (Lipinski definition) is 3. The number of rotatable bonds is 2. The topological polar surface area (TPSA) is 35.5 Å². The van der Waals surface area contributed by atoms with Gasteiger partial charge in [-0.2, -0.15) is 26.3 Å². The minimum absolute atomic E-state index is 0.0952. The molecule has 0 aromatic rings. The highest BCUT2D eigenvalue weighted by atomic mass is 19.4. The molecule has 2 bridgehead atoms. The van der Waals surface area contributed by atoms with Crippen molar-refractivity contribution in [2.45, 2.75) is 75.7 Å². The van der Waals surface area contributed by atoms with Crippen LogP contribution in [0.5, 0.6) is 0 Å². The van der Waals surface area contributed by atoms with E-state index in [-0.39, 0.29) is 12.8 Å². The third-order valence-electron chi connectivity index (χ3n) is 4.78. The van der Waals surface area contributed by atoms with Gasteiger partial charge in [-0.1, -0.05) is 0 Å². The van der Waals surface area contributed by atoms with Gasteiger partial charge >= 0.3 is 24.1 Å². The third kappa shape index (κ3) is 3.16. The largest absolute Gasteiger partial charge is 0.510 e. The van der Waals surface area contributed by atoms with E-state index < -0.39 is 53.6 Å². The van der Waals surface area contributed by atoms with Gasteiger partial charge in [-0.3, -0.25) is 0 Å². The van der Waals surface area contributed by atoms with Crippen molar-refractivity contribution >= 4 is 6.16 Å². The van der Waals surface area contributed by atoms with Crippen LogP contribution in [0.2, 0.25) is 0 Å². The first-order valence-electron chi connectivity index (χ1n) is 7.78. The summed E-state index contributed by atoms with van der Waals surface area (Å²) in [4.78, 5) is 11.7. The molecule has 3 unspecified atom stereocenters. The van der Waals surface area contributed by atoms with Crippen LogP contribution in [-0.4, -0.2) is 35.4 Å². The van der Waals surface area contributed by atoms with Gasteiger partial charge in [0.25, 0.3) is 0 Å². The molecule has 0 aromatic heterocycles. The summed E-state index contributed by atoms with van der Waals surface area (Å²) in [6.45, 7) is 3.71. The molecule has 2 aliphatic rings. The second-order valence-corrected chi connectivity index (χ2v) is 7.69. The Labute approximate surface area is 139 Å². The van der Waals surface area contributed by atoms with Gasteiger partial charge in [-0.25, -0.2) is 9.18 Å². The van der Waals surface area contributed by atoms with Crippen LogP contribution in [0, 0.1) is 11.8 Å². The number of fused-ring (bicyclic) bond motifs is 2. The molecular formula is C15H19F7O3. The minimum atomic E-state index is -6.19. The van der Waals surface area contributed by atoms with Crippen molar-refractivity contribution in [1.29, 1.82) is 0 Å². The van der Waals surface area contributed by atoms with Gasteiger partial charge in [0.1, 0.15) is 5.60 Å². The minimum Gasteiger partial charge on any atom is -0.429 e. The Hall–Kier alpha value is -1.22. The molecule has 2 fully saturated rings. The van der Waals surface area contributed by atoms with E-state index >= 15 is 4.39 Å². The Morgan fingerprint density at radius 2 is 1.48 bits per heavy atom. The molecule has 10 heteroatoms. The van der Waals surface area contributed by atoms with Gasteiger partial charge in [-0.05, 0) is 58.3 Å². The number of carbonyl (C=O) groups excluding carboxylic acids is 1. The van der Waals surface area contributed by atoms with Crippen LogP contribution in [0.25, 0.3) is 0 Å². The average molecular weight is 380 g/mol. The lowest BCUT2D eigenvalue weighted by Crippen LogP contribution is -2.72. The van der Waals surface area contributed by atoms with E-state index in [4.69, 9.17) is 0 Å². The molecular weight excluding hydrogens is 361 g/mol. The van der Waals surface area contributed by atoms with E-state index in [1.807, 2.05) is 0 Å². The van der Waals surface area contributed by atoms with Crippen LogP contribution in [-0.2, 0) is 9.47 Å². The lowest BCUT2D eigenvalue weighted by Gasteiger charge is -2.47. The molecule has 0 N–H and O–H groups in total. The van der Waals surface area contributed by atoms with Crippen LogP contribution in [0.15, 0.2) is 0 Å². The van der Waals surface area contributed by atoms with E-state index in [1.54, 1.807) is 0 Å². The van der Waals surface area contributed by atoms with Gasteiger partial charge in [0.15, 0.2) is 5.67 Å². The zero-order chi connectivity index (χ0) is 19.5. The molecule has 0 amide bonds. The normalized spacial score (nSPS) is 30.5. The molecule has 146 valence electrons. The lowest BCUT2D eigenvalue weighted by atomic mass is 9.72. The zero-order valence-corrected chi connectivity index (χ0v) is 13.9. The van der Waals surface area contributed by atoms with Crippen LogP contribution >= 0.6 is 0 Å². The molecule has 0 radical (unpaired) electrons. The Morgan fingerprint density at radius 1 is 0.960 bits per heavy atom. The van der Waals surface area contributed by atoms with Crippen molar-refractivity contribution in [2.24, 2.45) is 11.8 Å². The first-order chi connectivity index (χ1) is 11.0. The number of alkyl halides is 7. The van der Waals surface area contributed by atoms with Crippen LogP contribution in [0.3, 0.4) is 0 Å². The molecule has 3 atom stereocenters. The smallest absolute Gasteiger partial charge is 0.429 e. The van der Waals surface area contributed by atoms with Crippen molar-refractivity contribution in [3.8, 4) is 0 Å². The number of halogens is 7. The molecule has 0 spiro atoms. The van der Waals surface area contributed by atoms with Crippen molar-refractivity contribution in [3.05, 3.63) is 0 Å². The van der Waals surface area contributed by atoms with Gasteiger partial charge in [-0.15, -0.1) is 0 Å². The van der Waals surface area contributed by atoms with E-state index in [2.05, 4.69) is 9.47 Å². The molecule has 3 nitrogen and oxygen atoms in total. The van der Waals surface area contributed by atoms with E-state index in [9.17, 15) is 31.1 Å². The fourth-order valence-electron chi connectivity index (χ4n) is 3.92. The summed E-state index contributed by atoms with van der Waals surface area (Å²) in [5, 5.41) is 0. The molecule has 0 saturated heterocycles. The maximum absolute atomic E-state index is 15.3. The molecule has 0 heterocycles. The number of carbonyl (C=O) groups is 1. The van der Waals surface area contributed by atoms with Gasteiger partial charge < -0.3 is 9.47 Å². The Morgan fingerprint density at radius 3 is 1.80 bits per heavy atom. The first kappa shape index (κ1) is 20.1. The van der Waals surface area contributed by atoms with E-state index in [1.165, 1.54) is 20.8 Å². The molecule has 2 aliphatic carbocycles. The monoisotopic (exact) mass is 380 g/mol. The second kappa shape index (κ2) is 5.64. The van der Waals surface area contributed by atoms with Gasteiger partial charge in [0.05, 0.1) is 0 Å². The summed E-state index contributed by atoms with van der Waals surface area (Å²) >= 11 is 0. The Bertz CT molecular complexity index is 521. The fraction of sp³-hybridized carbons (Fsp3) is 0.933.